The maximum Gasteiger partial charge on any atom is 0.407 e. The Morgan fingerprint density at radius 1 is 1.09 bits per heavy atom. The highest BCUT2D eigenvalue weighted by Gasteiger charge is 2.29. The molecule has 0 fully saturated rings. The van der Waals surface area contributed by atoms with E-state index in [4.69, 9.17) is 15.1 Å². The number of hydrogen-bond acceptors (Lipinski definition) is 5. The number of nitrogens with one attached hydrogen (secondary N) is 2. The number of carboxylic acid groups (broad SMARTS) is 1. The molecule has 3 N–H and O–H groups in total. The first kappa shape index (κ1) is 24.8. The van der Waals surface area contributed by atoms with Gasteiger partial charge < -0.3 is 20.5 Å². The van der Waals surface area contributed by atoms with Crippen molar-refractivity contribution in [3.05, 3.63) is 59.7 Å². The van der Waals surface area contributed by atoms with E-state index in [1.165, 1.54) is 0 Å². The first-order valence-electron chi connectivity index (χ1n) is 11.4. The average molecular weight is 464 g/mol. The zero-order valence-electron chi connectivity index (χ0n) is 19.1. The molecule has 0 spiro atoms. The number of rotatable bonds is 11. The lowest BCUT2D eigenvalue weighted by molar-refractivity contribution is -0.138. The SMILES string of the molecule is CC(CNC(=O)C(CCCC#N)NC(=O)OCC1c2ccccc2-c2ccccc21)CC(=O)O. The minimum Gasteiger partial charge on any atom is -0.481 e. The van der Waals surface area contributed by atoms with Crippen LogP contribution in [0.4, 0.5) is 4.79 Å². The summed E-state index contributed by atoms with van der Waals surface area (Å²) in [6, 6.07) is 17.2. The number of carbonyl (C=O) groups excluding carboxylic acids is 2. The summed E-state index contributed by atoms with van der Waals surface area (Å²) in [7, 11) is 0. The van der Waals surface area contributed by atoms with E-state index in [0.29, 0.717) is 6.42 Å². The van der Waals surface area contributed by atoms with Gasteiger partial charge in [0.05, 0.1) is 6.07 Å². The number of aliphatic carboxylic acids is 1. The summed E-state index contributed by atoms with van der Waals surface area (Å²) in [4.78, 5) is 36.1. The number of alkyl carbamates (subject to hydrolysis) is 1. The van der Waals surface area contributed by atoms with Gasteiger partial charge in [-0.05, 0) is 41.0 Å². The smallest absolute Gasteiger partial charge is 0.407 e. The minimum absolute atomic E-state index is 0.0703. The number of benzene rings is 2. The van der Waals surface area contributed by atoms with E-state index in [1.807, 2.05) is 42.5 Å². The molecule has 0 aromatic heterocycles. The van der Waals surface area contributed by atoms with Crippen LogP contribution in [0.25, 0.3) is 11.1 Å². The normalized spacial score (nSPS) is 13.6. The summed E-state index contributed by atoms with van der Waals surface area (Å²) < 4.78 is 5.53. The molecule has 0 bridgehead atoms. The third-order valence-corrected chi connectivity index (χ3v) is 5.88. The lowest BCUT2D eigenvalue weighted by atomic mass is 9.98. The number of unbranched alkanes of at least 4 members (excludes halogenated alkanes) is 1. The molecule has 2 aromatic rings. The Kier molecular flexibility index (Phi) is 8.63. The van der Waals surface area contributed by atoms with Crippen molar-refractivity contribution in [1.82, 2.24) is 10.6 Å². The van der Waals surface area contributed by atoms with Crippen LogP contribution in [0.2, 0.25) is 0 Å². The second-order valence-corrected chi connectivity index (χ2v) is 8.52. The Bertz CT molecular complexity index is 1030. The predicted molar refractivity (Wildman–Crippen MR) is 126 cm³/mol. The number of fused-ring (bicyclic) bond motifs is 3. The third-order valence-electron chi connectivity index (χ3n) is 5.88. The van der Waals surface area contributed by atoms with Crippen molar-refractivity contribution in [3.63, 3.8) is 0 Å². The topological polar surface area (TPSA) is 129 Å². The number of nitrogens with zero attached hydrogens (tertiary/aromatic N) is 1. The van der Waals surface area contributed by atoms with Crippen molar-refractivity contribution in [3.8, 4) is 17.2 Å². The summed E-state index contributed by atoms with van der Waals surface area (Å²) in [5, 5.41) is 23.0. The highest BCUT2D eigenvalue weighted by atomic mass is 16.5. The lowest BCUT2D eigenvalue weighted by Crippen LogP contribution is -2.48. The molecule has 0 radical (unpaired) electrons. The van der Waals surface area contributed by atoms with E-state index in [-0.39, 0.29) is 44.2 Å². The summed E-state index contributed by atoms with van der Waals surface area (Å²) in [6.07, 6.45) is 0.183. The molecule has 2 amide bonds. The standard InChI is InChI=1S/C26H29N3O5/c1-17(14-24(30)31)15-28-25(32)23(12-6-7-13-27)29-26(33)34-16-22-20-10-4-2-8-18(20)19-9-3-5-11-21(19)22/h2-5,8-11,17,22-23H,6-7,12,14-16H2,1H3,(H,28,32)(H,29,33)(H,30,31). The maximum absolute atomic E-state index is 12.6. The Balaban J connectivity index is 1.60. The molecule has 0 saturated heterocycles. The first-order valence-corrected chi connectivity index (χ1v) is 11.4. The summed E-state index contributed by atoms with van der Waals surface area (Å²) in [5.41, 5.74) is 4.42. The van der Waals surface area contributed by atoms with Gasteiger partial charge >= 0.3 is 12.1 Å². The fraction of sp³-hybridized carbons (Fsp3) is 0.385. The van der Waals surface area contributed by atoms with Crippen molar-refractivity contribution in [2.75, 3.05) is 13.2 Å². The second-order valence-electron chi connectivity index (χ2n) is 8.52. The summed E-state index contributed by atoms with van der Waals surface area (Å²) >= 11 is 0. The van der Waals surface area contributed by atoms with E-state index < -0.39 is 24.0 Å². The molecular formula is C26H29N3O5. The molecule has 0 heterocycles. The second kappa shape index (κ2) is 11.8. The van der Waals surface area contributed by atoms with Crippen LogP contribution in [0.5, 0.6) is 0 Å². The largest absolute Gasteiger partial charge is 0.481 e. The fourth-order valence-corrected chi connectivity index (χ4v) is 4.20. The zero-order valence-corrected chi connectivity index (χ0v) is 19.1. The van der Waals surface area contributed by atoms with Crippen molar-refractivity contribution >= 4 is 18.0 Å². The van der Waals surface area contributed by atoms with Gasteiger partial charge in [0.2, 0.25) is 5.91 Å². The van der Waals surface area contributed by atoms with E-state index in [1.54, 1.807) is 6.92 Å². The van der Waals surface area contributed by atoms with Crippen LogP contribution in [0.3, 0.4) is 0 Å². The van der Waals surface area contributed by atoms with Gasteiger partial charge in [-0.3, -0.25) is 9.59 Å². The Labute approximate surface area is 198 Å². The monoisotopic (exact) mass is 463 g/mol. The predicted octanol–water partition coefficient (Wildman–Crippen LogP) is 3.81. The minimum atomic E-state index is -0.941. The molecule has 3 rings (SSSR count). The molecule has 0 aliphatic heterocycles. The number of ether oxygens (including phenoxy) is 1. The van der Waals surface area contributed by atoms with Crippen LogP contribution in [0, 0.1) is 17.2 Å². The molecule has 2 unspecified atom stereocenters. The molecule has 8 heteroatoms. The molecule has 34 heavy (non-hydrogen) atoms. The van der Waals surface area contributed by atoms with Crippen LogP contribution >= 0.6 is 0 Å². The van der Waals surface area contributed by atoms with Gasteiger partial charge in [0.25, 0.3) is 0 Å². The number of carboxylic acids is 1. The average Bonchev–Trinajstić information content (AvgIpc) is 3.14. The highest BCUT2D eigenvalue weighted by molar-refractivity contribution is 5.85. The van der Waals surface area contributed by atoms with Crippen LogP contribution in [0.1, 0.15) is 49.7 Å². The fourth-order valence-electron chi connectivity index (χ4n) is 4.20. The van der Waals surface area contributed by atoms with Gasteiger partial charge in [-0.1, -0.05) is 55.5 Å². The zero-order chi connectivity index (χ0) is 24.5. The van der Waals surface area contributed by atoms with Gasteiger partial charge in [0.15, 0.2) is 0 Å². The van der Waals surface area contributed by atoms with Gasteiger partial charge in [0, 0.05) is 25.3 Å². The van der Waals surface area contributed by atoms with Gasteiger partial charge in [-0.25, -0.2) is 4.79 Å². The van der Waals surface area contributed by atoms with Crippen molar-refractivity contribution in [1.29, 1.82) is 5.26 Å². The Morgan fingerprint density at radius 2 is 1.71 bits per heavy atom. The maximum atomic E-state index is 12.6. The molecule has 178 valence electrons. The van der Waals surface area contributed by atoms with Gasteiger partial charge in [0.1, 0.15) is 12.6 Å². The number of carbonyl (C=O) groups is 3. The Hall–Kier alpha value is -3.86. The quantitative estimate of drug-likeness (QED) is 0.435. The van der Waals surface area contributed by atoms with Crippen LogP contribution in [-0.2, 0) is 14.3 Å². The van der Waals surface area contributed by atoms with E-state index in [9.17, 15) is 14.4 Å². The molecule has 8 nitrogen and oxygen atoms in total. The van der Waals surface area contributed by atoms with Crippen molar-refractivity contribution < 1.29 is 24.2 Å². The van der Waals surface area contributed by atoms with Crippen LogP contribution < -0.4 is 10.6 Å². The Morgan fingerprint density at radius 3 is 2.29 bits per heavy atom. The van der Waals surface area contributed by atoms with E-state index >= 15 is 0 Å². The molecule has 1 aliphatic rings. The first-order chi connectivity index (χ1) is 16.4. The molecule has 2 aromatic carbocycles. The number of amides is 2. The lowest BCUT2D eigenvalue weighted by Gasteiger charge is -2.20. The highest BCUT2D eigenvalue weighted by Crippen LogP contribution is 2.44. The van der Waals surface area contributed by atoms with Gasteiger partial charge in [-0.15, -0.1) is 0 Å². The van der Waals surface area contributed by atoms with Gasteiger partial charge in [-0.2, -0.15) is 5.26 Å². The third kappa shape index (κ3) is 6.35. The van der Waals surface area contributed by atoms with Crippen molar-refractivity contribution in [2.24, 2.45) is 5.92 Å². The van der Waals surface area contributed by atoms with Crippen LogP contribution in [-0.4, -0.2) is 42.3 Å². The number of nitriles is 1. The summed E-state index contributed by atoms with van der Waals surface area (Å²) in [6.45, 7) is 2.02. The molecule has 1 aliphatic carbocycles. The van der Waals surface area contributed by atoms with E-state index in [0.717, 1.165) is 22.3 Å². The summed E-state index contributed by atoms with van der Waals surface area (Å²) in [5.74, 6) is -1.72. The number of hydrogen-bond donors (Lipinski definition) is 3. The van der Waals surface area contributed by atoms with E-state index in [2.05, 4.69) is 22.8 Å². The molecular weight excluding hydrogens is 434 g/mol. The van der Waals surface area contributed by atoms with Crippen molar-refractivity contribution in [2.45, 2.75) is 44.6 Å². The van der Waals surface area contributed by atoms with Crippen LogP contribution in [0.15, 0.2) is 48.5 Å². The molecule has 0 saturated carbocycles. The molecule has 2 atom stereocenters.